The van der Waals surface area contributed by atoms with Gasteiger partial charge >= 0.3 is 0 Å². The van der Waals surface area contributed by atoms with Gasteiger partial charge in [0.05, 0.1) is 17.9 Å². The quantitative estimate of drug-likeness (QED) is 0.754. The Morgan fingerprint density at radius 1 is 1.17 bits per heavy atom. The van der Waals surface area contributed by atoms with Gasteiger partial charge in [0.1, 0.15) is 11.6 Å². The lowest BCUT2D eigenvalue weighted by Crippen LogP contribution is -2.36. The van der Waals surface area contributed by atoms with E-state index in [2.05, 4.69) is 20.2 Å². The molecule has 5 nitrogen and oxygen atoms in total. The lowest BCUT2D eigenvalue weighted by molar-refractivity contribution is -0.134. The maximum atomic E-state index is 13.2. The van der Waals surface area contributed by atoms with Crippen molar-refractivity contribution in [3.05, 3.63) is 42.1 Å². The fraction of sp³-hybridized carbons (Fsp3) is 0.524. The maximum absolute atomic E-state index is 13.2. The summed E-state index contributed by atoms with van der Waals surface area (Å²) in [7, 11) is 0. The molecule has 2 atom stereocenters. The van der Waals surface area contributed by atoms with E-state index < -0.39 is 0 Å². The van der Waals surface area contributed by atoms with Crippen molar-refractivity contribution in [2.45, 2.75) is 38.1 Å². The maximum Gasteiger partial charge on any atom is 0.226 e. The van der Waals surface area contributed by atoms with Gasteiger partial charge in [0.2, 0.25) is 5.91 Å². The summed E-state index contributed by atoms with van der Waals surface area (Å²) >= 11 is 0. The topological polar surface area (TPSA) is 61.0 Å². The first-order valence-corrected chi connectivity index (χ1v) is 9.98. The van der Waals surface area contributed by atoms with Crippen LogP contribution in [0.15, 0.2) is 30.5 Å². The highest BCUT2D eigenvalue weighted by Gasteiger charge is 2.59. The number of imidazole rings is 1. The molecule has 0 radical (unpaired) electrons. The zero-order valence-corrected chi connectivity index (χ0v) is 17.8. The molecule has 1 aromatic heterocycles. The van der Waals surface area contributed by atoms with Crippen molar-refractivity contribution in [2.75, 3.05) is 19.6 Å². The third-order valence-electron chi connectivity index (χ3n) is 6.69. The highest BCUT2D eigenvalue weighted by Crippen LogP contribution is 2.59. The van der Waals surface area contributed by atoms with E-state index in [1.165, 1.54) is 12.1 Å². The van der Waals surface area contributed by atoms with E-state index in [0.717, 1.165) is 68.8 Å². The smallest absolute Gasteiger partial charge is 0.226 e. The fourth-order valence-electron chi connectivity index (χ4n) is 4.97. The summed E-state index contributed by atoms with van der Waals surface area (Å²) in [5, 5.41) is 3.40. The monoisotopic (exact) mass is 440 g/mol. The number of aromatic amines is 1. The number of halogens is 3. The number of piperidine rings is 1. The van der Waals surface area contributed by atoms with Crippen LogP contribution in [-0.4, -0.2) is 40.4 Å². The highest BCUT2D eigenvalue weighted by molar-refractivity contribution is 5.85. The van der Waals surface area contributed by atoms with Gasteiger partial charge in [-0.15, -0.1) is 24.8 Å². The number of carbonyl (C=O) groups excluding carboxylic acids is 1. The van der Waals surface area contributed by atoms with E-state index in [-0.39, 0.29) is 48.0 Å². The van der Waals surface area contributed by atoms with Crippen LogP contribution in [0.2, 0.25) is 0 Å². The molecule has 1 aromatic carbocycles. The zero-order valence-electron chi connectivity index (χ0n) is 16.2. The summed E-state index contributed by atoms with van der Waals surface area (Å²) in [5.74, 6) is 1.12. The summed E-state index contributed by atoms with van der Waals surface area (Å²) < 4.78 is 13.2. The predicted molar refractivity (Wildman–Crippen MR) is 115 cm³/mol. The molecule has 2 aliphatic heterocycles. The number of rotatable bonds is 3. The van der Waals surface area contributed by atoms with Crippen molar-refractivity contribution in [3.63, 3.8) is 0 Å². The van der Waals surface area contributed by atoms with E-state index in [4.69, 9.17) is 0 Å². The Kier molecular flexibility index (Phi) is 6.56. The normalized spacial score (nSPS) is 24.7. The van der Waals surface area contributed by atoms with Gasteiger partial charge in [-0.25, -0.2) is 9.37 Å². The SMILES string of the molecule is Cl.Cl.O=C(C1CC12CCNCC2)N1CCCC1c1ncc(-c2ccc(F)cc2)[nH]1. The van der Waals surface area contributed by atoms with Gasteiger partial charge in [-0.3, -0.25) is 4.79 Å². The first kappa shape index (κ1) is 22.1. The second-order valence-corrected chi connectivity index (χ2v) is 8.25. The Morgan fingerprint density at radius 3 is 2.62 bits per heavy atom. The largest absolute Gasteiger partial charge is 0.340 e. The standard InChI is InChI=1S/C21H25FN4O.2ClH/c22-15-5-3-14(4-6-15)17-13-24-19(25-17)18-2-1-11-26(18)20(27)16-12-21(16)7-9-23-10-8-21;;/h3-6,13,16,18,23H,1-2,7-12H2,(H,24,25);2*1H. The number of H-pyrrole nitrogens is 1. The van der Waals surface area contributed by atoms with Gasteiger partial charge in [0.25, 0.3) is 0 Å². The molecule has 2 N–H and O–H groups in total. The lowest BCUT2D eigenvalue weighted by atomic mass is 9.91. The van der Waals surface area contributed by atoms with Crippen molar-refractivity contribution >= 4 is 30.7 Å². The van der Waals surface area contributed by atoms with E-state index in [0.29, 0.717) is 5.91 Å². The van der Waals surface area contributed by atoms with Crippen LogP contribution in [0.1, 0.15) is 44.0 Å². The van der Waals surface area contributed by atoms with Crippen molar-refractivity contribution in [1.29, 1.82) is 0 Å². The number of hydrogen-bond acceptors (Lipinski definition) is 3. The minimum absolute atomic E-state index is 0. The van der Waals surface area contributed by atoms with Crippen molar-refractivity contribution in [1.82, 2.24) is 20.2 Å². The second kappa shape index (κ2) is 8.62. The van der Waals surface area contributed by atoms with E-state index >= 15 is 0 Å². The number of benzene rings is 1. The summed E-state index contributed by atoms with van der Waals surface area (Å²) in [4.78, 5) is 23.2. The second-order valence-electron chi connectivity index (χ2n) is 8.25. The van der Waals surface area contributed by atoms with Crippen molar-refractivity contribution in [3.8, 4) is 11.3 Å². The van der Waals surface area contributed by atoms with Gasteiger partial charge in [-0.05, 0) is 80.4 Å². The average Bonchev–Trinajstić information content (AvgIpc) is 3.09. The molecule has 3 fully saturated rings. The number of carbonyl (C=O) groups is 1. The van der Waals surface area contributed by atoms with Gasteiger partial charge in [0.15, 0.2) is 0 Å². The Balaban J connectivity index is 0.00000120. The van der Waals surface area contributed by atoms with Crippen LogP contribution in [0.3, 0.4) is 0 Å². The number of aromatic nitrogens is 2. The first-order chi connectivity index (χ1) is 13.2. The Morgan fingerprint density at radius 2 is 1.90 bits per heavy atom. The van der Waals surface area contributed by atoms with Crippen LogP contribution in [0.25, 0.3) is 11.3 Å². The molecule has 8 heteroatoms. The van der Waals surface area contributed by atoms with E-state index in [1.807, 2.05) is 0 Å². The minimum atomic E-state index is -0.248. The molecular formula is C21H27Cl2FN4O. The molecule has 1 amide bonds. The molecule has 2 aromatic rings. The zero-order chi connectivity index (χ0) is 18.4. The molecule has 1 aliphatic carbocycles. The van der Waals surface area contributed by atoms with Crippen LogP contribution < -0.4 is 5.32 Å². The minimum Gasteiger partial charge on any atom is -0.340 e. The molecule has 1 spiro atoms. The average molecular weight is 441 g/mol. The molecule has 3 heterocycles. The fourth-order valence-corrected chi connectivity index (χ4v) is 4.97. The van der Waals surface area contributed by atoms with Crippen LogP contribution in [0, 0.1) is 17.2 Å². The van der Waals surface area contributed by atoms with Gasteiger partial charge in [0, 0.05) is 12.5 Å². The molecule has 3 aliphatic rings. The molecule has 158 valence electrons. The number of likely N-dealkylation sites (tertiary alicyclic amines) is 1. The summed E-state index contributed by atoms with van der Waals surface area (Å²) in [6.45, 7) is 2.89. The van der Waals surface area contributed by atoms with Crippen molar-refractivity contribution in [2.24, 2.45) is 11.3 Å². The van der Waals surface area contributed by atoms with Crippen LogP contribution >= 0.6 is 24.8 Å². The molecule has 2 saturated heterocycles. The molecule has 1 saturated carbocycles. The highest BCUT2D eigenvalue weighted by atomic mass is 35.5. The summed E-state index contributed by atoms with van der Waals surface area (Å²) in [5.41, 5.74) is 2.03. The Bertz CT molecular complexity index is 851. The van der Waals surface area contributed by atoms with Gasteiger partial charge in [-0.1, -0.05) is 0 Å². The third kappa shape index (κ3) is 4.03. The van der Waals surface area contributed by atoms with E-state index in [9.17, 15) is 9.18 Å². The van der Waals surface area contributed by atoms with Crippen LogP contribution in [0.5, 0.6) is 0 Å². The lowest BCUT2D eigenvalue weighted by Gasteiger charge is -2.27. The first-order valence-electron chi connectivity index (χ1n) is 9.98. The molecule has 5 rings (SSSR count). The number of hydrogen-bond donors (Lipinski definition) is 2. The Labute approximate surface area is 182 Å². The molecule has 29 heavy (non-hydrogen) atoms. The summed E-state index contributed by atoms with van der Waals surface area (Å²) in [6.07, 6.45) is 7.05. The molecule has 0 bridgehead atoms. The molecule has 2 unspecified atom stereocenters. The number of amides is 1. The predicted octanol–water partition coefficient (Wildman–Crippen LogP) is 4.11. The number of nitrogens with zero attached hydrogens (tertiary/aromatic N) is 2. The Hall–Kier alpha value is -1.63. The third-order valence-corrected chi connectivity index (χ3v) is 6.69. The van der Waals surface area contributed by atoms with E-state index in [1.54, 1.807) is 18.3 Å². The molecular weight excluding hydrogens is 414 g/mol. The van der Waals surface area contributed by atoms with Gasteiger partial charge < -0.3 is 15.2 Å². The van der Waals surface area contributed by atoms with Crippen LogP contribution in [0.4, 0.5) is 4.39 Å². The number of nitrogens with one attached hydrogen (secondary N) is 2. The van der Waals surface area contributed by atoms with Crippen LogP contribution in [-0.2, 0) is 4.79 Å². The van der Waals surface area contributed by atoms with Crippen molar-refractivity contribution < 1.29 is 9.18 Å². The van der Waals surface area contributed by atoms with Gasteiger partial charge in [-0.2, -0.15) is 0 Å². The summed E-state index contributed by atoms with van der Waals surface area (Å²) in [6, 6.07) is 6.43.